The van der Waals surface area contributed by atoms with Crippen LogP contribution in [0.25, 0.3) is 11.6 Å². The molecule has 0 unspecified atom stereocenters. The van der Waals surface area contributed by atoms with Crippen LogP contribution in [0.1, 0.15) is 49.9 Å². The summed E-state index contributed by atoms with van der Waals surface area (Å²) in [6, 6.07) is 11.5. The standard InChI is InChI=1S/C26H28ClN3O/c1-7-30-24-10-17(3)19(12-22(24)18(4)14-26(30,5)6)11-20(15-28)25(31)29-23-13-21(27)9-8-16(23)2/h8-14H,7H2,1-6H3,(H,29,31)/b20-11-. The van der Waals surface area contributed by atoms with E-state index in [2.05, 4.69) is 56.1 Å². The molecule has 0 aromatic heterocycles. The quantitative estimate of drug-likeness (QED) is 0.440. The molecule has 0 aliphatic carbocycles. The highest BCUT2D eigenvalue weighted by molar-refractivity contribution is 6.31. The molecule has 2 aromatic rings. The Bertz CT molecular complexity index is 1150. The highest BCUT2D eigenvalue weighted by Crippen LogP contribution is 2.40. The molecule has 4 nitrogen and oxygen atoms in total. The first-order valence-electron chi connectivity index (χ1n) is 10.4. The summed E-state index contributed by atoms with van der Waals surface area (Å²) >= 11 is 6.05. The minimum absolute atomic E-state index is 0.0487. The Morgan fingerprint density at radius 2 is 1.90 bits per heavy atom. The number of anilines is 2. The summed E-state index contributed by atoms with van der Waals surface area (Å²) in [7, 11) is 0. The first kappa shape index (κ1) is 22.7. The molecular formula is C26H28ClN3O. The van der Waals surface area contributed by atoms with Crippen LogP contribution in [0.15, 0.2) is 42.0 Å². The van der Waals surface area contributed by atoms with Gasteiger partial charge in [-0.05, 0) is 94.1 Å². The van der Waals surface area contributed by atoms with Crippen molar-refractivity contribution >= 4 is 40.5 Å². The summed E-state index contributed by atoms with van der Waals surface area (Å²) in [6.45, 7) is 13.5. The van der Waals surface area contributed by atoms with E-state index in [1.165, 1.54) is 11.3 Å². The summed E-state index contributed by atoms with van der Waals surface area (Å²) in [6.07, 6.45) is 3.93. The number of halogens is 1. The van der Waals surface area contributed by atoms with Gasteiger partial charge in [0.05, 0.1) is 5.54 Å². The van der Waals surface area contributed by atoms with Crippen LogP contribution in [0.4, 0.5) is 11.4 Å². The third kappa shape index (κ3) is 4.52. The number of allylic oxidation sites excluding steroid dienone is 1. The monoisotopic (exact) mass is 433 g/mol. The molecule has 0 saturated heterocycles. The van der Waals surface area contributed by atoms with Crippen molar-refractivity contribution in [1.29, 1.82) is 5.26 Å². The topological polar surface area (TPSA) is 56.1 Å². The van der Waals surface area contributed by atoms with Crippen LogP contribution in [-0.4, -0.2) is 18.0 Å². The average Bonchev–Trinajstić information content (AvgIpc) is 2.69. The lowest BCUT2D eigenvalue weighted by atomic mass is 9.86. The average molecular weight is 434 g/mol. The Balaban J connectivity index is 2.00. The molecule has 0 saturated carbocycles. The molecule has 1 amide bonds. The predicted octanol–water partition coefficient (Wildman–Crippen LogP) is 6.52. The molecule has 3 rings (SSSR count). The van der Waals surface area contributed by atoms with Gasteiger partial charge < -0.3 is 10.2 Å². The van der Waals surface area contributed by atoms with Crippen LogP contribution in [0.3, 0.4) is 0 Å². The fourth-order valence-electron chi connectivity index (χ4n) is 4.20. The maximum absolute atomic E-state index is 12.8. The Morgan fingerprint density at radius 3 is 2.55 bits per heavy atom. The molecule has 0 atom stereocenters. The maximum Gasteiger partial charge on any atom is 0.266 e. The lowest BCUT2D eigenvalue weighted by molar-refractivity contribution is -0.112. The number of carbonyl (C=O) groups is 1. The minimum Gasteiger partial charge on any atom is -0.363 e. The highest BCUT2D eigenvalue weighted by Gasteiger charge is 2.30. The zero-order valence-corrected chi connectivity index (χ0v) is 19.7. The minimum atomic E-state index is -0.450. The van der Waals surface area contributed by atoms with Gasteiger partial charge in [0.2, 0.25) is 0 Å². The molecule has 0 fully saturated rings. The van der Waals surface area contributed by atoms with E-state index < -0.39 is 5.91 Å². The first-order valence-corrected chi connectivity index (χ1v) is 10.8. The van der Waals surface area contributed by atoms with E-state index in [1.54, 1.807) is 18.2 Å². The summed E-state index contributed by atoms with van der Waals surface area (Å²) in [5.41, 5.74) is 6.83. The van der Waals surface area contributed by atoms with Gasteiger partial charge >= 0.3 is 0 Å². The maximum atomic E-state index is 12.8. The van der Waals surface area contributed by atoms with Gasteiger partial charge in [-0.3, -0.25) is 4.79 Å². The van der Waals surface area contributed by atoms with Crippen molar-refractivity contribution in [2.75, 3.05) is 16.8 Å². The number of nitrogens with zero attached hydrogens (tertiary/aromatic N) is 2. The van der Waals surface area contributed by atoms with E-state index >= 15 is 0 Å². The van der Waals surface area contributed by atoms with Crippen molar-refractivity contribution in [2.45, 2.75) is 47.1 Å². The zero-order chi connectivity index (χ0) is 22.9. The molecule has 0 bridgehead atoms. The van der Waals surface area contributed by atoms with Gasteiger partial charge in [0.1, 0.15) is 11.6 Å². The van der Waals surface area contributed by atoms with Gasteiger partial charge in [-0.2, -0.15) is 5.26 Å². The molecular weight excluding hydrogens is 406 g/mol. The Kier molecular flexibility index (Phi) is 6.29. The van der Waals surface area contributed by atoms with Crippen LogP contribution < -0.4 is 10.2 Å². The zero-order valence-electron chi connectivity index (χ0n) is 18.9. The van der Waals surface area contributed by atoms with Gasteiger partial charge in [-0.1, -0.05) is 23.7 Å². The largest absolute Gasteiger partial charge is 0.363 e. The van der Waals surface area contributed by atoms with Crippen LogP contribution in [0, 0.1) is 25.2 Å². The number of hydrogen-bond donors (Lipinski definition) is 1. The van der Waals surface area contributed by atoms with Gasteiger partial charge in [0.25, 0.3) is 5.91 Å². The molecule has 0 spiro atoms. The number of carbonyl (C=O) groups excluding carboxylic acids is 1. The molecule has 31 heavy (non-hydrogen) atoms. The molecule has 1 heterocycles. The third-order valence-corrected chi connectivity index (χ3v) is 6.03. The van der Waals surface area contributed by atoms with Gasteiger partial charge in [-0.15, -0.1) is 0 Å². The van der Waals surface area contributed by atoms with E-state index in [0.717, 1.165) is 28.8 Å². The second-order valence-electron chi connectivity index (χ2n) is 8.53. The number of aryl methyl sites for hydroxylation is 2. The van der Waals surface area contributed by atoms with E-state index in [0.29, 0.717) is 10.7 Å². The van der Waals surface area contributed by atoms with Crippen molar-refractivity contribution in [1.82, 2.24) is 0 Å². The number of likely N-dealkylation sites (N-methyl/N-ethyl adjacent to an activating group) is 1. The number of hydrogen-bond acceptors (Lipinski definition) is 3. The molecule has 1 N–H and O–H groups in total. The molecule has 1 aliphatic heterocycles. The lowest BCUT2D eigenvalue weighted by Gasteiger charge is -2.43. The van der Waals surface area contributed by atoms with Gasteiger partial charge in [0.15, 0.2) is 0 Å². The van der Waals surface area contributed by atoms with Crippen LogP contribution in [0.5, 0.6) is 0 Å². The second-order valence-corrected chi connectivity index (χ2v) is 8.97. The highest BCUT2D eigenvalue weighted by atomic mass is 35.5. The van der Waals surface area contributed by atoms with Gasteiger partial charge in [-0.25, -0.2) is 0 Å². The number of fused-ring (bicyclic) bond motifs is 1. The number of nitriles is 1. The van der Waals surface area contributed by atoms with Crippen LogP contribution in [0.2, 0.25) is 5.02 Å². The van der Waals surface area contributed by atoms with Gasteiger partial charge in [0, 0.05) is 28.5 Å². The van der Waals surface area contributed by atoms with E-state index in [4.69, 9.17) is 11.6 Å². The SMILES string of the molecule is CCN1c2cc(C)c(/C=C(/C#N)C(=O)Nc3cc(Cl)ccc3C)cc2C(C)=CC1(C)C. The van der Waals surface area contributed by atoms with E-state index in [9.17, 15) is 10.1 Å². The Labute approximate surface area is 189 Å². The normalized spacial score (nSPS) is 15.1. The molecule has 0 radical (unpaired) electrons. The van der Waals surface area contributed by atoms with E-state index in [-0.39, 0.29) is 11.1 Å². The van der Waals surface area contributed by atoms with Crippen molar-refractivity contribution in [3.63, 3.8) is 0 Å². The molecule has 5 heteroatoms. The summed E-state index contributed by atoms with van der Waals surface area (Å²) in [4.78, 5) is 15.2. The summed E-state index contributed by atoms with van der Waals surface area (Å²) in [5, 5.41) is 13.0. The lowest BCUT2D eigenvalue weighted by Crippen LogP contribution is -2.44. The third-order valence-electron chi connectivity index (χ3n) is 5.79. The van der Waals surface area contributed by atoms with Crippen molar-refractivity contribution < 1.29 is 4.79 Å². The molecule has 2 aromatic carbocycles. The van der Waals surface area contributed by atoms with Crippen molar-refractivity contribution in [3.05, 3.63) is 69.3 Å². The second kappa shape index (κ2) is 8.61. The number of nitrogens with one attached hydrogen (secondary N) is 1. The fourth-order valence-corrected chi connectivity index (χ4v) is 4.37. The predicted molar refractivity (Wildman–Crippen MR) is 130 cm³/mol. The molecule has 1 aliphatic rings. The van der Waals surface area contributed by atoms with E-state index in [1.807, 2.05) is 26.0 Å². The summed E-state index contributed by atoms with van der Waals surface area (Å²) in [5.74, 6) is -0.450. The van der Waals surface area contributed by atoms with Crippen LogP contribution in [-0.2, 0) is 4.79 Å². The number of amides is 1. The Morgan fingerprint density at radius 1 is 1.19 bits per heavy atom. The summed E-state index contributed by atoms with van der Waals surface area (Å²) < 4.78 is 0. The van der Waals surface area contributed by atoms with Crippen molar-refractivity contribution in [2.24, 2.45) is 0 Å². The molecule has 160 valence electrons. The van der Waals surface area contributed by atoms with Crippen LogP contribution >= 0.6 is 11.6 Å². The number of benzene rings is 2. The first-order chi connectivity index (χ1) is 14.6. The number of rotatable bonds is 4. The smallest absolute Gasteiger partial charge is 0.266 e. The Hall–Kier alpha value is -3.03. The van der Waals surface area contributed by atoms with Crippen molar-refractivity contribution in [3.8, 4) is 6.07 Å². The fraction of sp³-hybridized carbons (Fsp3) is 0.308.